The molecule has 0 unspecified atom stereocenters. The third-order valence-corrected chi connectivity index (χ3v) is 5.68. The van der Waals surface area contributed by atoms with Gasteiger partial charge >= 0.3 is 0 Å². The molecule has 0 aromatic heterocycles. The van der Waals surface area contributed by atoms with Crippen molar-refractivity contribution in [3.8, 4) is 0 Å². The summed E-state index contributed by atoms with van der Waals surface area (Å²) in [6.07, 6.45) is 6.22. The van der Waals surface area contributed by atoms with Gasteiger partial charge in [-0.1, -0.05) is 36.8 Å². The normalized spacial score (nSPS) is 22.1. The van der Waals surface area contributed by atoms with Crippen molar-refractivity contribution in [1.29, 1.82) is 0 Å². The lowest BCUT2D eigenvalue weighted by atomic mass is 9.65. The average Bonchev–Trinajstić information content (AvgIpc) is 2.58. The van der Waals surface area contributed by atoms with E-state index in [1.807, 2.05) is 0 Å². The summed E-state index contributed by atoms with van der Waals surface area (Å²) in [5.41, 5.74) is 0.965. The van der Waals surface area contributed by atoms with Crippen molar-refractivity contribution in [1.82, 2.24) is 10.6 Å². The monoisotopic (exact) mass is 316 g/mol. The van der Waals surface area contributed by atoms with E-state index in [0.29, 0.717) is 0 Å². The van der Waals surface area contributed by atoms with Gasteiger partial charge in [-0.15, -0.1) is 0 Å². The Kier molecular flexibility index (Phi) is 5.02. The van der Waals surface area contributed by atoms with Crippen molar-refractivity contribution in [2.24, 2.45) is 5.41 Å². The van der Waals surface area contributed by atoms with Gasteiger partial charge in [0.15, 0.2) is 0 Å². The summed E-state index contributed by atoms with van der Waals surface area (Å²) >= 11 is 0. The van der Waals surface area contributed by atoms with E-state index in [0.717, 1.165) is 38.9 Å². The van der Waals surface area contributed by atoms with Crippen molar-refractivity contribution >= 4 is 5.91 Å². The molecule has 3 rings (SSSR count). The molecule has 23 heavy (non-hydrogen) atoms. The minimum Gasteiger partial charge on any atom is -0.368 e. The van der Waals surface area contributed by atoms with Gasteiger partial charge in [0.1, 0.15) is 5.60 Å². The van der Waals surface area contributed by atoms with E-state index in [9.17, 15) is 4.79 Å². The molecule has 0 radical (unpaired) electrons. The van der Waals surface area contributed by atoms with Gasteiger partial charge in [0.2, 0.25) is 0 Å². The molecule has 2 N–H and O–H groups in total. The number of amides is 1. The van der Waals surface area contributed by atoms with Gasteiger partial charge in [0.05, 0.1) is 0 Å². The highest BCUT2D eigenvalue weighted by Gasteiger charge is 2.42. The van der Waals surface area contributed by atoms with Crippen molar-refractivity contribution in [3.63, 3.8) is 0 Å². The molecule has 1 amide bonds. The third kappa shape index (κ3) is 3.59. The van der Waals surface area contributed by atoms with E-state index in [1.165, 1.54) is 24.8 Å². The van der Waals surface area contributed by atoms with Crippen molar-refractivity contribution < 1.29 is 9.53 Å². The number of carbonyl (C=O) groups is 1. The number of piperidine rings is 1. The van der Waals surface area contributed by atoms with Crippen LogP contribution in [-0.2, 0) is 16.0 Å². The van der Waals surface area contributed by atoms with Crippen LogP contribution in [0.1, 0.15) is 37.7 Å². The minimum absolute atomic E-state index is 0.0702. The number of hydrogen-bond acceptors (Lipinski definition) is 3. The van der Waals surface area contributed by atoms with Crippen LogP contribution in [0.25, 0.3) is 0 Å². The number of benzene rings is 1. The Labute approximate surface area is 139 Å². The first kappa shape index (κ1) is 16.5. The number of methoxy groups -OCH3 is 1. The van der Waals surface area contributed by atoms with Crippen molar-refractivity contribution in [2.75, 3.05) is 26.7 Å². The maximum Gasteiger partial charge on any atom is 0.252 e. The molecule has 1 aromatic rings. The van der Waals surface area contributed by atoms with E-state index in [1.54, 1.807) is 7.11 Å². The molecule has 0 bridgehead atoms. The molecule has 1 saturated carbocycles. The zero-order chi connectivity index (χ0) is 16.2. The van der Waals surface area contributed by atoms with Crippen molar-refractivity contribution in [2.45, 2.75) is 44.1 Å². The van der Waals surface area contributed by atoms with E-state index in [-0.39, 0.29) is 11.3 Å². The fourth-order valence-electron chi connectivity index (χ4n) is 3.91. The molecule has 2 fully saturated rings. The molecule has 4 heteroatoms. The van der Waals surface area contributed by atoms with Gasteiger partial charge in [0, 0.05) is 13.7 Å². The van der Waals surface area contributed by atoms with Crippen LogP contribution in [0.2, 0.25) is 0 Å². The Balaban J connectivity index is 1.60. The molecular formula is C19H28N2O2. The molecule has 1 heterocycles. The number of ether oxygens (including phenoxy) is 1. The van der Waals surface area contributed by atoms with Crippen LogP contribution in [0, 0.1) is 5.41 Å². The predicted molar refractivity (Wildman–Crippen MR) is 91.3 cm³/mol. The largest absolute Gasteiger partial charge is 0.368 e. The van der Waals surface area contributed by atoms with E-state index in [4.69, 9.17) is 4.74 Å². The molecule has 1 aromatic carbocycles. The zero-order valence-electron chi connectivity index (χ0n) is 14.1. The molecule has 1 saturated heterocycles. The maximum absolute atomic E-state index is 12.7. The molecule has 4 nitrogen and oxygen atoms in total. The van der Waals surface area contributed by atoms with Crippen LogP contribution in [0.3, 0.4) is 0 Å². The van der Waals surface area contributed by atoms with E-state index >= 15 is 0 Å². The molecule has 2 aliphatic rings. The second-order valence-corrected chi connectivity index (χ2v) is 7.15. The van der Waals surface area contributed by atoms with Gasteiger partial charge in [-0.3, -0.25) is 4.79 Å². The predicted octanol–water partition coefficient (Wildman–Crippen LogP) is 2.28. The van der Waals surface area contributed by atoms with Crippen LogP contribution in [0.4, 0.5) is 0 Å². The standard InChI is InChI=1S/C19H28N2O2/c1-23-19(10-12-20-13-11-19)17(22)21-15-18(8-5-9-18)14-16-6-3-2-4-7-16/h2-4,6-7,20H,5,8-15H2,1H3,(H,21,22). The summed E-state index contributed by atoms with van der Waals surface area (Å²) in [6.45, 7) is 2.45. The molecule has 1 aliphatic carbocycles. The first-order valence-electron chi connectivity index (χ1n) is 8.76. The van der Waals surface area contributed by atoms with E-state index in [2.05, 4.69) is 41.0 Å². The van der Waals surface area contributed by atoms with Crippen molar-refractivity contribution in [3.05, 3.63) is 35.9 Å². The lowest BCUT2D eigenvalue weighted by Gasteiger charge is -2.43. The lowest BCUT2D eigenvalue weighted by molar-refractivity contribution is -0.147. The third-order valence-electron chi connectivity index (χ3n) is 5.68. The fraction of sp³-hybridized carbons (Fsp3) is 0.632. The number of nitrogens with one attached hydrogen (secondary N) is 2. The van der Waals surface area contributed by atoms with Gasteiger partial charge in [-0.2, -0.15) is 0 Å². The molecular weight excluding hydrogens is 288 g/mol. The quantitative estimate of drug-likeness (QED) is 0.846. The second-order valence-electron chi connectivity index (χ2n) is 7.15. The topological polar surface area (TPSA) is 50.4 Å². The summed E-state index contributed by atoms with van der Waals surface area (Å²) in [5.74, 6) is 0.0702. The van der Waals surface area contributed by atoms with E-state index < -0.39 is 5.60 Å². The number of carbonyl (C=O) groups excluding carboxylic acids is 1. The maximum atomic E-state index is 12.7. The van der Waals surface area contributed by atoms with Crippen LogP contribution < -0.4 is 10.6 Å². The molecule has 0 atom stereocenters. The number of hydrogen-bond donors (Lipinski definition) is 2. The van der Waals surface area contributed by atoms with Crippen LogP contribution in [0.15, 0.2) is 30.3 Å². The molecule has 0 spiro atoms. The van der Waals surface area contributed by atoms with Crippen LogP contribution >= 0.6 is 0 Å². The summed E-state index contributed by atoms with van der Waals surface area (Å²) in [4.78, 5) is 12.7. The smallest absolute Gasteiger partial charge is 0.252 e. The summed E-state index contributed by atoms with van der Waals surface area (Å²) in [5, 5.41) is 6.51. The second kappa shape index (κ2) is 7.02. The number of rotatable bonds is 6. The highest BCUT2D eigenvalue weighted by atomic mass is 16.5. The average molecular weight is 316 g/mol. The first-order chi connectivity index (χ1) is 11.2. The zero-order valence-corrected chi connectivity index (χ0v) is 14.1. The minimum atomic E-state index is -0.636. The van der Waals surface area contributed by atoms with Gasteiger partial charge in [-0.05, 0) is 56.2 Å². The molecule has 126 valence electrons. The van der Waals surface area contributed by atoms with Crippen LogP contribution in [0.5, 0.6) is 0 Å². The Morgan fingerprint density at radius 2 is 1.87 bits per heavy atom. The van der Waals surface area contributed by atoms with Gasteiger partial charge in [0.25, 0.3) is 5.91 Å². The Hall–Kier alpha value is -1.39. The highest BCUT2D eigenvalue weighted by molar-refractivity contribution is 5.85. The Bertz CT molecular complexity index is 519. The lowest BCUT2D eigenvalue weighted by Crippen LogP contribution is -2.56. The first-order valence-corrected chi connectivity index (χ1v) is 8.76. The Morgan fingerprint density at radius 3 is 2.43 bits per heavy atom. The van der Waals surface area contributed by atoms with Gasteiger partial charge in [-0.25, -0.2) is 0 Å². The summed E-state index contributed by atoms with van der Waals surface area (Å²) in [7, 11) is 1.66. The fourth-order valence-corrected chi connectivity index (χ4v) is 3.91. The van der Waals surface area contributed by atoms with Crippen LogP contribution in [-0.4, -0.2) is 38.3 Å². The summed E-state index contributed by atoms with van der Waals surface area (Å²) in [6, 6.07) is 10.6. The highest BCUT2D eigenvalue weighted by Crippen LogP contribution is 2.43. The Morgan fingerprint density at radius 1 is 1.17 bits per heavy atom. The summed E-state index contributed by atoms with van der Waals surface area (Å²) < 4.78 is 5.62. The molecule has 1 aliphatic heterocycles. The SMILES string of the molecule is COC1(C(=O)NCC2(Cc3ccccc3)CCC2)CCNCC1. The van der Waals surface area contributed by atoms with Gasteiger partial charge < -0.3 is 15.4 Å².